The summed E-state index contributed by atoms with van der Waals surface area (Å²) in [5.74, 6) is 0.910. The summed E-state index contributed by atoms with van der Waals surface area (Å²) in [5, 5.41) is 9.32. The number of hydrogen-bond acceptors (Lipinski definition) is 4. The van der Waals surface area contributed by atoms with E-state index in [1.165, 1.54) is 10.5 Å². The summed E-state index contributed by atoms with van der Waals surface area (Å²) in [5.41, 5.74) is 1.16. The first-order chi connectivity index (χ1) is 8.28. The van der Waals surface area contributed by atoms with Gasteiger partial charge in [-0.1, -0.05) is 12.1 Å². The van der Waals surface area contributed by atoms with E-state index in [0.29, 0.717) is 19.8 Å². The van der Waals surface area contributed by atoms with Crippen LogP contribution in [0.3, 0.4) is 0 Å². The maximum atomic E-state index is 9.32. The van der Waals surface area contributed by atoms with Gasteiger partial charge in [-0.2, -0.15) is 0 Å². The minimum Gasteiger partial charge on any atom is -0.396 e. The maximum absolute atomic E-state index is 9.32. The fourth-order valence-electron chi connectivity index (χ4n) is 1.70. The van der Waals surface area contributed by atoms with Crippen LogP contribution in [0.5, 0.6) is 0 Å². The molecule has 17 heavy (non-hydrogen) atoms. The zero-order chi connectivity index (χ0) is 12.1. The molecule has 4 heteroatoms. The Balaban J connectivity index is 1.86. The molecule has 0 amide bonds. The lowest BCUT2D eigenvalue weighted by molar-refractivity contribution is -0.121. The van der Waals surface area contributed by atoms with Crippen molar-refractivity contribution < 1.29 is 14.6 Å². The van der Waals surface area contributed by atoms with Crippen LogP contribution in [0.15, 0.2) is 29.2 Å². The SMILES string of the molecule is COCc1ccc(SCC2(CO)COC2)cc1. The van der Waals surface area contributed by atoms with E-state index in [1.807, 2.05) is 0 Å². The fourth-order valence-corrected chi connectivity index (χ4v) is 2.76. The van der Waals surface area contributed by atoms with Crippen LogP contribution in [0.4, 0.5) is 0 Å². The van der Waals surface area contributed by atoms with Gasteiger partial charge in [0.25, 0.3) is 0 Å². The van der Waals surface area contributed by atoms with E-state index in [4.69, 9.17) is 9.47 Å². The van der Waals surface area contributed by atoms with Crippen molar-refractivity contribution in [3.63, 3.8) is 0 Å². The lowest BCUT2D eigenvalue weighted by Gasteiger charge is -2.39. The molecular formula is C13H18O3S. The summed E-state index contributed by atoms with van der Waals surface area (Å²) in [6.45, 7) is 2.22. The smallest absolute Gasteiger partial charge is 0.0713 e. The molecule has 0 saturated carbocycles. The average Bonchev–Trinajstić information content (AvgIpc) is 2.31. The molecule has 0 radical (unpaired) electrons. The molecule has 0 aromatic heterocycles. The predicted octanol–water partition coefficient (Wildman–Crippen LogP) is 1.93. The quantitative estimate of drug-likeness (QED) is 0.787. The second-order valence-electron chi connectivity index (χ2n) is 4.52. The Bertz CT molecular complexity index is 341. The predicted molar refractivity (Wildman–Crippen MR) is 68.2 cm³/mol. The molecule has 0 bridgehead atoms. The van der Waals surface area contributed by atoms with Crippen LogP contribution in [0, 0.1) is 5.41 Å². The standard InChI is InChI=1S/C13H18O3S/c1-15-6-11-2-4-12(5-3-11)17-10-13(7-14)8-16-9-13/h2-5,14H,6-10H2,1H3. The van der Waals surface area contributed by atoms with Crippen molar-refractivity contribution >= 4 is 11.8 Å². The largest absolute Gasteiger partial charge is 0.396 e. The van der Waals surface area contributed by atoms with Crippen molar-refractivity contribution in [2.75, 3.05) is 32.7 Å². The van der Waals surface area contributed by atoms with Crippen LogP contribution in [0.2, 0.25) is 0 Å². The van der Waals surface area contributed by atoms with Crippen LogP contribution in [0.1, 0.15) is 5.56 Å². The molecule has 1 N–H and O–H groups in total. The van der Waals surface area contributed by atoms with E-state index < -0.39 is 0 Å². The highest BCUT2D eigenvalue weighted by Gasteiger charge is 2.37. The Hall–Kier alpha value is -0.550. The van der Waals surface area contributed by atoms with E-state index in [1.54, 1.807) is 18.9 Å². The molecule has 1 saturated heterocycles. The number of ether oxygens (including phenoxy) is 2. The Morgan fingerprint density at radius 3 is 2.53 bits per heavy atom. The van der Waals surface area contributed by atoms with E-state index in [0.717, 1.165) is 5.75 Å². The molecule has 1 aliphatic heterocycles. The second kappa shape index (κ2) is 5.87. The Labute approximate surface area is 106 Å². The van der Waals surface area contributed by atoms with Crippen molar-refractivity contribution in [3.05, 3.63) is 29.8 Å². The second-order valence-corrected chi connectivity index (χ2v) is 5.57. The van der Waals surface area contributed by atoms with Crippen molar-refractivity contribution in [3.8, 4) is 0 Å². The molecule has 1 aliphatic rings. The van der Waals surface area contributed by atoms with E-state index in [2.05, 4.69) is 24.3 Å². The number of aliphatic hydroxyl groups is 1. The van der Waals surface area contributed by atoms with Crippen molar-refractivity contribution in [1.82, 2.24) is 0 Å². The average molecular weight is 254 g/mol. The summed E-state index contributed by atoms with van der Waals surface area (Å²) in [6, 6.07) is 8.36. The van der Waals surface area contributed by atoms with Gasteiger partial charge >= 0.3 is 0 Å². The third-order valence-corrected chi connectivity index (χ3v) is 4.29. The van der Waals surface area contributed by atoms with Crippen molar-refractivity contribution in [1.29, 1.82) is 0 Å². The Morgan fingerprint density at radius 2 is 2.06 bits per heavy atom. The van der Waals surface area contributed by atoms with Crippen LogP contribution in [0.25, 0.3) is 0 Å². The fraction of sp³-hybridized carbons (Fsp3) is 0.538. The molecule has 1 heterocycles. The molecule has 2 rings (SSSR count). The third-order valence-electron chi connectivity index (χ3n) is 2.93. The van der Waals surface area contributed by atoms with Crippen LogP contribution >= 0.6 is 11.8 Å². The lowest BCUT2D eigenvalue weighted by atomic mass is 9.90. The zero-order valence-corrected chi connectivity index (χ0v) is 10.8. The summed E-state index contributed by atoms with van der Waals surface area (Å²) in [4.78, 5) is 1.23. The molecule has 1 aromatic carbocycles. The number of aliphatic hydroxyl groups excluding tert-OH is 1. The summed E-state index contributed by atoms with van der Waals surface area (Å²) in [6.07, 6.45) is 0. The van der Waals surface area contributed by atoms with Gasteiger partial charge in [-0.3, -0.25) is 0 Å². The first kappa shape index (κ1) is 12.9. The van der Waals surface area contributed by atoms with Crippen molar-refractivity contribution in [2.24, 2.45) is 5.41 Å². The third kappa shape index (κ3) is 3.22. The summed E-state index contributed by atoms with van der Waals surface area (Å²) < 4.78 is 10.2. The topological polar surface area (TPSA) is 38.7 Å². The molecular weight excluding hydrogens is 236 g/mol. The first-order valence-corrected chi connectivity index (χ1v) is 6.66. The van der Waals surface area contributed by atoms with Gasteiger partial charge in [0.05, 0.1) is 26.4 Å². The van der Waals surface area contributed by atoms with Gasteiger partial charge in [-0.05, 0) is 17.7 Å². The summed E-state index contributed by atoms with van der Waals surface area (Å²) in [7, 11) is 1.70. The summed E-state index contributed by atoms with van der Waals surface area (Å²) >= 11 is 1.77. The van der Waals surface area contributed by atoms with Gasteiger partial charge in [0.15, 0.2) is 0 Å². The number of thioether (sulfide) groups is 1. The molecule has 1 aromatic rings. The number of hydrogen-bond donors (Lipinski definition) is 1. The highest BCUT2D eigenvalue weighted by molar-refractivity contribution is 7.99. The van der Waals surface area contributed by atoms with Gasteiger partial charge in [0.1, 0.15) is 0 Å². The molecule has 0 aliphatic carbocycles. The molecule has 0 atom stereocenters. The zero-order valence-electron chi connectivity index (χ0n) is 10.0. The van der Waals surface area contributed by atoms with Gasteiger partial charge in [-0.15, -0.1) is 11.8 Å². The molecule has 1 fully saturated rings. The van der Waals surface area contributed by atoms with Crippen LogP contribution in [-0.2, 0) is 16.1 Å². The van der Waals surface area contributed by atoms with Gasteiger partial charge in [-0.25, -0.2) is 0 Å². The minimum atomic E-state index is -0.0180. The maximum Gasteiger partial charge on any atom is 0.0713 e. The number of rotatable bonds is 6. The van der Waals surface area contributed by atoms with E-state index in [-0.39, 0.29) is 12.0 Å². The van der Waals surface area contributed by atoms with E-state index in [9.17, 15) is 5.11 Å². The first-order valence-electron chi connectivity index (χ1n) is 5.67. The lowest BCUT2D eigenvalue weighted by Crippen LogP contribution is -2.47. The monoisotopic (exact) mass is 254 g/mol. The molecule has 0 unspecified atom stereocenters. The molecule has 3 nitrogen and oxygen atoms in total. The Morgan fingerprint density at radius 1 is 1.35 bits per heavy atom. The van der Waals surface area contributed by atoms with Crippen LogP contribution < -0.4 is 0 Å². The normalized spacial score (nSPS) is 17.8. The Kier molecular flexibility index (Phi) is 4.45. The van der Waals surface area contributed by atoms with Gasteiger partial charge in [0, 0.05) is 23.2 Å². The number of methoxy groups -OCH3 is 1. The number of benzene rings is 1. The van der Waals surface area contributed by atoms with Gasteiger partial charge < -0.3 is 14.6 Å². The van der Waals surface area contributed by atoms with E-state index >= 15 is 0 Å². The molecule has 0 spiro atoms. The minimum absolute atomic E-state index is 0.0180. The van der Waals surface area contributed by atoms with Gasteiger partial charge in [0.2, 0.25) is 0 Å². The molecule has 94 valence electrons. The highest BCUT2D eigenvalue weighted by Crippen LogP contribution is 2.34. The van der Waals surface area contributed by atoms with Crippen molar-refractivity contribution in [2.45, 2.75) is 11.5 Å². The highest BCUT2D eigenvalue weighted by atomic mass is 32.2. The van der Waals surface area contributed by atoms with Crippen LogP contribution in [-0.4, -0.2) is 37.8 Å².